The van der Waals surface area contributed by atoms with Gasteiger partial charge in [-0.25, -0.2) is 13.2 Å². The van der Waals surface area contributed by atoms with E-state index in [1.165, 1.54) is 0 Å². The van der Waals surface area contributed by atoms with E-state index in [2.05, 4.69) is 0 Å². The third-order valence-electron chi connectivity index (χ3n) is 2.93. The lowest BCUT2D eigenvalue weighted by Gasteiger charge is -2.07. The van der Waals surface area contributed by atoms with Crippen molar-refractivity contribution in [3.05, 3.63) is 70.0 Å². The van der Waals surface area contributed by atoms with Gasteiger partial charge in [-0.05, 0) is 19.4 Å². The van der Waals surface area contributed by atoms with Crippen LogP contribution in [0.2, 0.25) is 0 Å². The van der Waals surface area contributed by atoms with Gasteiger partial charge in [-0.15, -0.1) is 0 Å². The van der Waals surface area contributed by atoms with Crippen LogP contribution >= 0.6 is 0 Å². The number of ketones is 1. The minimum absolute atomic E-state index is 0.123. The predicted molar refractivity (Wildman–Crippen MR) is 70.3 cm³/mol. The monoisotopic (exact) mass is 278 g/mol. The van der Waals surface area contributed by atoms with Gasteiger partial charge >= 0.3 is 0 Å². The fourth-order valence-electron chi connectivity index (χ4n) is 2.25. The molecular weight excluding hydrogens is 265 g/mol. The molecule has 104 valence electrons. The highest BCUT2D eigenvalue weighted by Crippen LogP contribution is 2.18. The lowest BCUT2D eigenvalue weighted by atomic mass is 9.99. The van der Waals surface area contributed by atoms with Crippen molar-refractivity contribution in [2.75, 3.05) is 0 Å². The zero-order valence-corrected chi connectivity index (χ0v) is 11.1. The Bertz CT molecular complexity index is 634. The summed E-state index contributed by atoms with van der Waals surface area (Å²) in [6.45, 7) is 3.75. The van der Waals surface area contributed by atoms with Crippen LogP contribution in [0.25, 0.3) is 0 Å². The van der Waals surface area contributed by atoms with Crippen molar-refractivity contribution < 1.29 is 18.0 Å². The highest BCUT2D eigenvalue weighted by atomic mass is 19.1. The summed E-state index contributed by atoms with van der Waals surface area (Å²) in [5.74, 6) is -4.08. The summed E-state index contributed by atoms with van der Waals surface area (Å²) < 4.78 is 39.9. The molecule has 0 aliphatic rings. The fraction of sp³-hybridized carbons (Fsp3) is 0.188. The van der Waals surface area contributed by atoms with Crippen LogP contribution in [0.15, 0.2) is 30.3 Å². The first-order chi connectivity index (χ1) is 9.36. The van der Waals surface area contributed by atoms with Crippen molar-refractivity contribution in [3.63, 3.8) is 0 Å². The Labute approximate surface area is 115 Å². The van der Waals surface area contributed by atoms with Crippen molar-refractivity contribution in [3.8, 4) is 0 Å². The number of benzene rings is 2. The number of rotatable bonds is 3. The van der Waals surface area contributed by atoms with Crippen LogP contribution < -0.4 is 0 Å². The maximum Gasteiger partial charge on any atom is 0.173 e. The molecule has 1 nitrogen and oxygen atoms in total. The quantitative estimate of drug-likeness (QED) is 0.771. The SMILES string of the molecule is Cc1cc(C)cc(CC(=O)c2c(F)cc(F)cc2F)c1. The smallest absolute Gasteiger partial charge is 0.173 e. The van der Waals surface area contributed by atoms with E-state index in [4.69, 9.17) is 0 Å². The molecule has 0 aliphatic carbocycles. The van der Waals surface area contributed by atoms with E-state index >= 15 is 0 Å². The van der Waals surface area contributed by atoms with Crippen molar-refractivity contribution in [2.24, 2.45) is 0 Å². The largest absolute Gasteiger partial charge is 0.294 e. The molecule has 2 aromatic rings. The summed E-state index contributed by atoms with van der Waals surface area (Å²) in [5.41, 5.74) is 1.92. The number of carbonyl (C=O) groups is 1. The second-order valence-electron chi connectivity index (χ2n) is 4.84. The first kappa shape index (κ1) is 14.3. The molecule has 0 saturated carbocycles. The van der Waals surface area contributed by atoms with E-state index in [-0.39, 0.29) is 6.42 Å². The van der Waals surface area contributed by atoms with Crippen molar-refractivity contribution >= 4 is 5.78 Å². The van der Waals surface area contributed by atoms with Crippen LogP contribution in [0, 0.1) is 31.3 Å². The van der Waals surface area contributed by atoms with Crippen LogP contribution in [-0.2, 0) is 6.42 Å². The number of halogens is 3. The molecule has 0 radical (unpaired) electrons. The number of hydrogen-bond acceptors (Lipinski definition) is 1. The van der Waals surface area contributed by atoms with E-state index in [9.17, 15) is 18.0 Å². The number of aryl methyl sites for hydroxylation is 2. The van der Waals surface area contributed by atoms with Crippen LogP contribution in [-0.4, -0.2) is 5.78 Å². The maximum atomic E-state index is 13.5. The number of carbonyl (C=O) groups excluding carboxylic acids is 1. The Morgan fingerprint density at radius 1 is 0.900 bits per heavy atom. The van der Waals surface area contributed by atoms with Crippen molar-refractivity contribution in [1.29, 1.82) is 0 Å². The van der Waals surface area contributed by atoms with Crippen LogP contribution in [0.3, 0.4) is 0 Å². The minimum atomic E-state index is -1.17. The highest BCUT2D eigenvalue weighted by molar-refractivity contribution is 5.98. The fourth-order valence-corrected chi connectivity index (χ4v) is 2.25. The molecule has 0 unspecified atom stereocenters. The zero-order valence-electron chi connectivity index (χ0n) is 11.1. The second-order valence-corrected chi connectivity index (χ2v) is 4.84. The lowest BCUT2D eigenvalue weighted by Crippen LogP contribution is -2.10. The number of hydrogen-bond donors (Lipinski definition) is 0. The molecule has 0 atom stereocenters. The van der Waals surface area contributed by atoms with Gasteiger partial charge in [0.05, 0.1) is 5.56 Å². The normalized spacial score (nSPS) is 10.7. The van der Waals surface area contributed by atoms with Gasteiger partial charge in [-0.1, -0.05) is 29.3 Å². The molecule has 4 heteroatoms. The Morgan fingerprint density at radius 2 is 1.40 bits per heavy atom. The molecule has 0 saturated heterocycles. The molecule has 0 spiro atoms. The molecule has 0 fully saturated rings. The molecule has 0 heterocycles. The summed E-state index contributed by atoms with van der Waals surface area (Å²) >= 11 is 0. The van der Waals surface area contributed by atoms with Crippen LogP contribution in [0.1, 0.15) is 27.0 Å². The van der Waals surface area contributed by atoms with Gasteiger partial charge in [-0.3, -0.25) is 4.79 Å². The first-order valence-electron chi connectivity index (χ1n) is 6.11. The summed E-state index contributed by atoms with van der Waals surface area (Å²) in [6.07, 6.45) is -0.123. The van der Waals surface area contributed by atoms with Crippen molar-refractivity contribution in [2.45, 2.75) is 20.3 Å². The van der Waals surface area contributed by atoms with E-state index in [1.54, 1.807) is 12.1 Å². The standard InChI is InChI=1S/C16H13F3O/c1-9-3-10(2)5-11(4-9)6-15(20)16-13(18)7-12(17)8-14(16)19/h3-5,7-8H,6H2,1-2H3. The predicted octanol–water partition coefficient (Wildman–Crippen LogP) is 4.15. The molecule has 20 heavy (non-hydrogen) atoms. The van der Waals surface area contributed by atoms with E-state index in [1.807, 2.05) is 19.9 Å². The summed E-state index contributed by atoms with van der Waals surface area (Å²) in [5, 5.41) is 0. The Balaban J connectivity index is 2.33. The molecule has 0 aliphatic heterocycles. The third-order valence-corrected chi connectivity index (χ3v) is 2.93. The van der Waals surface area contributed by atoms with Gasteiger partial charge in [0.2, 0.25) is 0 Å². The first-order valence-corrected chi connectivity index (χ1v) is 6.11. The average molecular weight is 278 g/mol. The average Bonchev–Trinajstić information content (AvgIpc) is 2.25. The van der Waals surface area contributed by atoms with Gasteiger partial charge in [0, 0.05) is 18.6 Å². The maximum absolute atomic E-state index is 13.5. The van der Waals surface area contributed by atoms with Gasteiger partial charge in [0.15, 0.2) is 5.78 Å². The molecule has 0 bridgehead atoms. The summed E-state index contributed by atoms with van der Waals surface area (Å²) in [7, 11) is 0. The van der Waals surface area contributed by atoms with Gasteiger partial charge in [0.1, 0.15) is 17.5 Å². The third kappa shape index (κ3) is 3.07. The molecule has 0 aromatic heterocycles. The summed E-state index contributed by atoms with van der Waals surface area (Å²) in [6, 6.07) is 6.52. The van der Waals surface area contributed by atoms with Crippen LogP contribution in [0.4, 0.5) is 13.2 Å². The Kier molecular flexibility index (Phi) is 3.93. The highest BCUT2D eigenvalue weighted by Gasteiger charge is 2.19. The number of Topliss-reactive ketones (excluding diaryl/α,β-unsaturated/α-hetero) is 1. The molecule has 2 aromatic carbocycles. The lowest BCUT2D eigenvalue weighted by molar-refractivity contribution is 0.0984. The Morgan fingerprint density at radius 3 is 1.90 bits per heavy atom. The van der Waals surface area contributed by atoms with E-state index in [0.29, 0.717) is 17.7 Å². The molecular formula is C16H13F3O. The second kappa shape index (κ2) is 5.49. The van der Waals surface area contributed by atoms with Crippen molar-refractivity contribution in [1.82, 2.24) is 0 Å². The van der Waals surface area contributed by atoms with Crippen LogP contribution in [0.5, 0.6) is 0 Å². The van der Waals surface area contributed by atoms with Gasteiger partial charge < -0.3 is 0 Å². The minimum Gasteiger partial charge on any atom is -0.294 e. The molecule has 0 amide bonds. The molecule has 0 N–H and O–H groups in total. The van der Waals surface area contributed by atoms with Gasteiger partial charge in [-0.2, -0.15) is 0 Å². The molecule has 2 rings (SSSR count). The Hall–Kier alpha value is -2.10. The van der Waals surface area contributed by atoms with E-state index in [0.717, 1.165) is 11.1 Å². The zero-order chi connectivity index (χ0) is 14.9. The van der Waals surface area contributed by atoms with E-state index < -0.39 is 28.8 Å². The topological polar surface area (TPSA) is 17.1 Å². The summed E-state index contributed by atoms with van der Waals surface area (Å²) in [4.78, 5) is 12.0. The van der Waals surface area contributed by atoms with Gasteiger partial charge in [0.25, 0.3) is 0 Å².